The molecule has 0 spiro atoms. The summed E-state index contributed by atoms with van der Waals surface area (Å²) in [5.74, 6) is -0.0641. The third-order valence-corrected chi connectivity index (χ3v) is 5.24. The standard InChI is InChI=1S/C21H19Cl2N3O4/c1-26-16(9-13(22)19(26)23)21(28)25-15-11-17(29-2)14(10-18(15)30-3)24-20(27)12-7-5-4-6-8-12/h4-11H,1-3H3,(H,24,27)(H,25,28). The molecule has 3 rings (SSSR count). The highest BCUT2D eigenvalue weighted by molar-refractivity contribution is 6.42. The van der Waals surface area contributed by atoms with Crippen LogP contribution in [0.5, 0.6) is 11.5 Å². The second kappa shape index (κ2) is 9.11. The molecule has 2 aromatic carbocycles. The number of anilines is 2. The normalized spacial score (nSPS) is 10.4. The van der Waals surface area contributed by atoms with Crippen LogP contribution < -0.4 is 20.1 Å². The number of carbonyl (C=O) groups is 2. The third-order valence-electron chi connectivity index (χ3n) is 4.40. The van der Waals surface area contributed by atoms with E-state index in [2.05, 4.69) is 10.6 Å². The van der Waals surface area contributed by atoms with Gasteiger partial charge in [0.05, 0.1) is 30.6 Å². The SMILES string of the molecule is COc1cc(NC(=O)c2cc(Cl)c(Cl)n2C)c(OC)cc1NC(=O)c1ccccc1. The molecular weight excluding hydrogens is 429 g/mol. The minimum atomic E-state index is -0.437. The number of benzene rings is 2. The molecule has 1 heterocycles. The molecule has 0 saturated carbocycles. The fourth-order valence-electron chi connectivity index (χ4n) is 2.82. The Balaban J connectivity index is 1.90. The monoisotopic (exact) mass is 447 g/mol. The first-order valence-corrected chi connectivity index (χ1v) is 9.55. The van der Waals surface area contributed by atoms with Gasteiger partial charge in [0.1, 0.15) is 22.3 Å². The summed E-state index contributed by atoms with van der Waals surface area (Å²) in [5, 5.41) is 6.07. The lowest BCUT2D eigenvalue weighted by Gasteiger charge is -2.16. The van der Waals surface area contributed by atoms with E-state index in [9.17, 15) is 9.59 Å². The Hall–Kier alpha value is -3.16. The van der Waals surface area contributed by atoms with Crippen molar-refractivity contribution >= 4 is 46.4 Å². The highest BCUT2D eigenvalue weighted by Gasteiger charge is 2.20. The number of rotatable bonds is 6. The van der Waals surface area contributed by atoms with E-state index < -0.39 is 5.91 Å². The smallest absolute Gasteiger partial charge is 0.272 e. The molecule has 9 heteroatoms. The number of nitrogens with one attached hydrogen (secondary N) is 2. The summed E-state index contributed by atoms with van der Waals surface area (Å²) in [6.45, 7) is 0. The maximum atomic E-state index is 12.7. The molecule has 2 amide bonds. The second-order valence-electron chi connectivity index (χ2n) is 6.25. The lowest BCUT2D eigenvalue weighted by molar-refractivity contribution is 0.101. The van der Waals surface area contributed by atoms with Crippen molar-refractivity contribution in [3.05, 3.63) is 70.0 Å². The molecule has 0 saturated heterocycles. The minimum Gasteiger partial charge on any atom is -0.494 e. The summed E-state index contributed by atoms with van der Waals surface area (Å²) < 4.78 is 12.2. The van der Waals surface area contributed by atoms with Crippen LogP contribution in [0.3, 0.4) is 0 Å². The Labute approximate surface area is 183 Å². The van der Waals surface area contributed by atoms with Crippen LogP contribution in [0.25, 0.3) is 0 Å². The molecule has 0 bridgehead atoms. The first-order valence-electron chi connectivity index (χ1n) is 8.80. The van der Waals surface area contributed by atoms with E-state index in [0.717, 1.165) is 0 Å². The molecule has 0 aliphatic heterocycles. The van der Waals surface area contributed by atoms with Gasteiger partial charge in [0, 0.05) is 24.7 Å². The van der Waals surface area contributed by atoms with Crippen LogP contribution in [0.1, 0.15) is 20.8 Å². The molecule has 0 fully saturated rings. The quantitative estimate of drug-likeness (QED) is 0.565. The van der Waals surface area contributed by atoms with Crippen LogP contribution in [-0.2, 0) is 7.05 Å². The fourth-order valence-corrected chi connectivity index (χ4v) is 3.20. The van der Waals surface area contributed by atoms with E-state index >= 15 is 0 Å². The first kappa shape index (κ1) is 21.5. The van der Waals surface area contributed by atoms with E-state index in [-0.39, 0.29) is 21.8 Å². The Morgan fingerprint density at radius 2 is 1.40 bits per heavy atom. The predicted octanol–water partition coefficient (Wildman–Crippen LogP) is 4.85. The van der Waals surface area contributed by atoms with E-state index in [1.165, 1.54) is 24.9 Å². The largest absolute Gasteiger partial charge is 0.494 e. The number of halogens is 2. The number of nitrogens with zero attached hydrogens (tertiary/aromatic N) is 1. The number of carbonyl (C=O) groups excluding carboxylic acids is 2. The van der Waals surface area contributed by atoms with E-state index in [1.54, 1.807) is 43.4 Å². The summed E-state index contributed by atoms with van der Waals surface area (Å²) in [6, 6.07) is 13.4. The molecule has 0 aliphatic carbocycles. The summed E-state index contributed by atoms with van der Waals surface area (Å²) in [5.41, 5.74) is 1.51. The number of methoxy groups -OCH3 is 2. The van der Waals surface area contributed by atoms with Crippen LogP contribution in [0.15, 0.2) is 48.5 Å². The molecule has 1 aromatic heterocycles. The number of ether oxygens (including phenoxy) is 2. The maximum Gasteiger partial charge on any atom is 0.272 e. The van der Waals surface area contributed by atoms with Gasteiger partial charge in [0.25, 0.3) is 11.8 Å². The second-order valence-corrected chi connectivity index (χ2v) is 7.02. The lowest BCUT2D eigenvalue weighted by atomic mass is 10.2. The fraction of sp³-hybridized carbons (Fsp3) is 0.143. The average molecular weight is 448 g/mol. The molecule has 2 N–H and O–H groups in total. The third kappa shape index (κ3) is 4.37. The van der Waals surface area contributed by atoms with Crippen LogP contribution in [0.2, 0.25) is 10.2 Å². The molecule has 7 nitrogen and oxygen atoms in total. The van der Waals surface area contributed by atoms with E-state index in [0.29, 0.717) is 28.4 Å². The zero-order valence-corrected chi connectivity index (χ0v) is 18.0. The molecule has 0 radical (unpaired) electrons. The molecule has 0 atom stereocenters. The van der Waals surface area contributed by atoms with Gasteiger partial charge in [-0.1, -0.05) is 41.4 Å². The van der Waals surface area contributed by atoms with Crippen molar-refractivity contribution in [1.29, 1.82) is 0 Å². The summed E-state index contributed by atoms with van der Waals surface area (Å²) in [6.07, 6.45) is 0. The van der Waals surface area contributed by atoms with Crippen molar-refractivity contribution in [2.45, 2.75) is 0 Å². The zero-order chi connectivity index (χ0) is 21.8. The van der Waals surface area contributed by atoms with Crippen molar-refractivity contribution in [2.24, 2.45) is 7.05 Å². The Bertz CT molecular complexity index is 1100. The maximum absolute atomic E-state index is 12.7. The van der Waals surface area contributed by atoms with E-state index in [4.69, 9.17) is 32.7 Å². The van der Waals surface area contributed by atoms with Gasteiger partial charge in [-0.3, -0.25) is 9.59 Å². The van der Waals surface area contributed by atoms with Crippen LogP contribution in [0.4, 0.5) is 11.4 Å². The van der Waals surface area contributed by atoms with Gasteiger partial charge in [-0.05, 0) is 18.2 Å². The highest BCUT2D eigenvalue weighted by Crippen LogP contribution is 2.37. The number of amides is 2. The Morgan fingerprint density at radius 3 is 1.87 bits per heavy atom. The van der Waals surface area contributed by atoms with Crippen LogP contribution in [0, 0.1) is 0 Å². The van der Waals surface area contributed by atoms with Gasteiger partial charge in [0.2, 0.25) is 0 Å². The van der Waals surface area contributed by atoms with Crippen molar-refractivity contribution < 1.29 is 19.1 Å². The first-order chi connectivity index (χ1) is 14.3. The number of aromatic nitrogens is 1. The summed E-state index contributed by atoms with van der Waals surface area (Å²) in [7, 11) is 4.54. The summed E-state index contributed by atoms with van der Waals surface area (Å²) in [4.78, 5) is 25.2. The van der Waals surface area contributed by atoms with Gasteiger partial charge < -0.3 is 24.7 Å². The molecule has 3 aromatic rings. The van der Waals surface area contributed by atoms with Crippen molar-refractivity contribution in [3.63, 3.8) is 0 Å². The highest BCUT2D eigenvalue weighted by atomic mass is 35.5. The number of hydrogen-bond acceptors (Lipinski definition) is 4. The minimum absolute atomic E-state index is 0.255. The zero-order valence-electron chi connectivity index (χ0n) is 16.5. The molecular formula is C21H19Cl2N3O4. The van der Waals surface area contributed by atoms with Gasteiger partial charge in [-0.25, -0.2) is 0 Å². The lowest BCUT2D eigenvalue weighted by Crippen LogP contribution is -2.17. The van der Waals surface area contributed by atoms with Crippen molar-refractivity contribution in [3.8, 4) is 11.5 Å². The van der Waals surface area contributed by atoms with Crippen LogP contribution >= 0.6 is 23.2 Å². The Kier molecular flexibility index (Phi) is 6.54. The van der Waals surface area contributed by atoms with Gasteiger partial charge in [0.15, 0.2) is 0 Å². The Morgan fingerprint density at radius 1 is 0.867 bits per heavy atom. The van der Waals surface area contributed by atoms with Crippen molar-refractivity contribution in [1.82, 2.24) is 4.57 Å². The van der Waals surface area contributed by atoms with Gasteiger partial charge >= 0.3 is 0 Å². The topological polar surface area (TPSA) is 81.6 Å². The average Bonchev–Trinajstić information content (AvgIpc) is 3.02. The molecule has 0 aliphatic rings. The van der Waals surface area contributed by atoms with Crippen molar-refractivity contribution in [2.75, 3.05) is 24.9 Å². The number of hydrogen-bond donors (Lipinski definition) is 2. The van der Waals surface area contributed by atoms with Gasteiger partial charge in [-0.15, -0.1) is 0 Å². The predicted molar refractivity (Wildman–Crippen MR) is 117 cm³/mol. The van der Waals surface area contributed by atoms with E-state index in [1.807, 2.05) is 6.07 Å². The van der Waals surface area contributed by atoms with Gasteiger partial charge in [-0.2, -0.15) is 0 Å². The molecule has 30 heavy (non-hydrogen) atoms. The molecule has 0 unspecified atom stereocenters. The molecule has 156 valence electrons. The van der Waals surface area contributed by atoms with Crippen LogP contribution in [-0.4, -0.2) is 30.6 Å². The summed E-state index contributed by atoms with van der Waals surface area (Å²) >= 11 is 12.0.